The fourth-order valence-corrected chi connectivity index (χ4v) is 3.81. The van der Waals surface area contributed by atoms with Gasteiger partial charge in [0.25, 0.3) is 0 Å². The van der Waals surface area contributed by atoms with Crippen molar-refractivity contribution in [3.05, 3.63) is 46.4 Å². The number of carbonyl (C=O) groups is 1. The Morgan fingerprint density at radius 2 is 1.68 bits per heavy atom. The zero-order valence-electron chi connectivity index (χ0n) is 18.5. The largest absolute Gasteiger partial charge is 0.497 e. The predicted molar refractivity (Wildman–Crippen MR) is 119 cm³/mol. The number of anilines is 1. The molecule has 0 atom stereocenters. The van der Waals surface area contributed by atoms with Crippen LogP contribution < -0.4 is 25.0 Å². The molecule has 1 aromatic carbocycles. The van der Waals surface area contributed by atoms with Gasteiger partial charge in [0.15, 0.2) is 5.75 Å². The molecule has 2 aromatic rings. The molecule has 0 aliphatic carbocycles. The molecule has 1 N–H and O–H groups in total. The lowest BCUT2D eigenvalue weighted by Gasteiger charge is -2.23. The van der Waals surface area contributed by atoms with Gasteiger partial charge in [0, 0.05) is 24.4 Å². The van der Waals surface area contributed by atoms with Crippen molar-refractivity contribution in [3.63, 3.8) is 0 Å². The number of nitrogens with one attached hydrogen (secondary N) is 1. The van der Waals surface area contributed by atoms with E-state index < -0.39 is 0 Å². The molecular weight excluding hydrogens is 398 g/mol. The van der Waals surface area contributed by atoms with Gasteiger partial charge >= 0.3 is 0 Å². The van der Waals surface area contributed by atoms with Crippen LogP contribution in [0.25, 0.3) is 0 Å². The second kappa shape index (κ2) is 10.9. The Hall–Kier alpha value is -3.00. The standard InChI is InChI=1S/C23H31N3O5/c1-29-18-8-9-21(30-2)19(13-18)24-23(28)16-26-15-22(31-3)20(27)12-17(26)14-25-10-6-4-5-7-11-25/h8-9,12-13,15H,4-7,10-11,14,16H2,1-3H3,(H,24,28). The summed E-state index contributed by atoms with van der Waals surface area (Å²) < 4.78 is 17.6. The van der Waals surface area contributed by atoms with E-state index >= 15 is 0 Å². The summed E-state index contributed by atoms with van der Waals surface area (Å²) in [6, 6.07) is 6.78. The van der Waals surface area contributed by atoms with Crippen LogP contribution in [-0.2, 0) is 17.9 Å². The number of hydrogen-bond acceptors (Lipinski definition) is 6. The molecule has 1 amide bonds. The first kappa shape index (κ1) is 22.7. The maximum atomic E-state index is 12.9. The number of hydrogen-bond donors (Lipinski definition) is 1. The summed E-state index contributed by atoms with van der Waals surface area (Å²) in [6.45, 7) is 2.65. The minimum absolute atomic E-state index is 0.0418. The Kier molecular flexibility index (Phi) is 7.94. The van der Waals surface area contributed by atoms with Gasteiger partial charge in [0.1, 0.15) is 18.0 Å². The quantitative estimate of drug-likeness (QED) is 0.695. The lowest BCUT2D eigenvalue weighted by Crippen LogP contribution is -2.29. The molecule has 0 unspecified atom stereocenters. The second-order valence-electron chi connectivity index (χ2n) is 7.63. The molecule has 8 heteroatoms. The summed E-state index contributed by atoms with van der Waals surface area (Å²) in [5.41, 5.74) is 1.13. The van der Waals surface area contributed by atoms with Gasteiger partial charge in [-0.25, -0.2) is 0 Å². The Morgan fingerprint density at radius 3 is 2.32 bits per heavy atom. The molecule has 2 heterocycles. The van der Waals surface area contributed by atoms with Crippen molar-refractivity contribution in [2.45, 2.75) is 38.8 Å². The smallest absolute Gasteiger partial charge is 0.244 e. The fourth-order valence-electron chi connectivity index (χ4n) is 3.81. The minimum atomic E-state index is -0.241. The second-order valence-corrected chi connectivity index (χ2v) is 7.63. The topological polar surface area (TPSA) is 82.0 Å². The van der Waals surface area contributed by atoms with Crippen molar-refractivity contribution in [2.24, 2.45) is 0 Å². The normalized spacial score (nSPS) is 14.5. The van der Waals surface area contributed by atoms with Crippen LogP contribution in [0, 0.1) is 0 Å². The molecular formula is C23H31N3O5. The van der Waals surface area contributed by atoms with Crippen LogP contribution in [-0.4, -0.2) is 49.8 Å². The first-order chi connectivity index (χ1) is 15.0. The highest BCUT2D eigenvalue weighted by atomic mass is 16.5. The highest BCUT2D eigenvalue weighted by molar-refractivity contribution is 5.92. The van der Waals surface area contributed by atoms with Crippen LogP contribution in [0.1, 0.15) is 31.4 Å². The number of nitrogens with zero attached hydrogens (tertiary/aromatic N) is 2. The zero-order valence-corrected chi connectivity index (χ0v) is 18.5. The molecule has 3 rings (SSSR count). The Labute approximate surface area is 182 Å². The molecule has 0 saturated carbocycles. The maximum absolute atomic E-state index is 12.9. The third-order valence-corrected chi connectivity index (χ3v) is 5.48. The van der Waals surface area contributed by atoms with Crippen molar-refractivity contribution in [1.29, 1.82) is 0 Å². The number of benzene rings is 1. The monoisotopic (exact) mass is 429 g/mol. The van der Waals surface area contributed by atoms with E-state index in [4.69, 9.17) is 14.2 Å². The maximum Gasteiger partial charge on any atom is 0.244 e. The van der Waals surface area contributed by atoms with E-state index in [-0.39, 0.29) is 23.6 Å². The number of ether oxygens (including phenoxy) is 3. The van der Waals surface area contributed by atoms with E-state index in [1.54, 1.807) is 49.2 Å². The molecule has 0 radical (unpaired) electrons. The number of pyridine rings is 1. The van der Waals surface area contributed by atoms with Crippen LogP contribution in [0.15, 0.2) is 35.3 Å². The first-order valence-electron chi connectivity index (χ1n) is 10.6. The third kappa shape index (κ3) is 6.01. The van der Waals surface area contributed by atoms with Crippen molar-refractivity contribution in [3.8, 4) is 17.2 Å². The molecule has 1 aromatic heterocycles. The van der Waals surface area contributed by atoms with Crippen LogP contribution in [0.5, 0.6) is 17.2 Å². The van der Waals surface area contributed by atoms with Gasteiger partial charge < -0.3 is 24.1 Å². The van der Waals surface area contributed by atoms with Crippen LogP contribution in [0.3, 0.4) is 0 Å². The summed E-state index contributed by atoms with van der Waals surface area (Å²) in [5, 5.41) is 2.88. The molecule has 31 heavy (non-hydrogen) atoms. The number of aromatic nitrogens is 1. The average molecular weight is 430 g/mol. The van der Waals surface area contributed by atoms with Gasteiger partial charge in [-0.1, -0.05) is 12.8 Å². The minimum Gasteiger partial charge on any atom is -0.497 e. The van der Waals surface area contributed by atoms with Crippen LogP contribution >= 0.6 is 0 Å². The summed E-state index contributed by atoms with van der Waals surface area (Å²) in [7, 11) is 4.56. The van der Waals surface area contributed by atoms with Gasteiger partial charge in [-0.3, -0.25) is 14.5 Å². The summed E-state index contributed by atoms with van der Waals surface area (Å²) >= 11 is 0. The third-order valence-electron chi connectivity index (χ3n) is 5.48. The van der Waals surface area contributed by atoms with E-state index in [1.165, 1.54) is 20.0 Å². The zero-order chi connectivity index (χ0) is 22.2. The van der Waals surface area contributed by atoms with Crippen LogP contribution in [0.4, 0.5) is 5.69 Å². The first-order valence-corrected chi connectivity index (χ1v) is 10.6. The van der Waals surface area contributed by atoms with Gasteiger partial charge in [0.2, 0.25) is 11.3 Å². The number of carbonyl (C=O) groups excluding carboxylic acids is 1. The Morgan fingerprint density at radius 1 is 0.968 bits per heavy atom. The molecule has 8 nitrogen and oxygen atoms in total. The molecule has 1 aliphatic rings. The molecule has 0 bridgehead atoms. The molecule has 1 fully saturated rings. The van der Waals surface area contributed by atoms with E-state index in [1.807, 2.05) is 0 Å². The lowest BCUT2D eigenvalue weighted by atomic mass is 10.2. The van der Waals surface area contributed by atoms with Gasteiger partial charge in [-0.2, -0.15) is 0 Å². The van der Waals surface area contributed by atoms with E-state index in [0.29, 0.717) is 23.7 Å². The van der Waals surface area contributed by atoms with Crippen LogP contribution in [0.2, 0.25) is 0 Å². The van der Waals surface area contributed by atoms with Crippen molar-refractivity contribution in [2.75, 3.05) is 39.7 Å². The average Bonchev–Trinajstić information content (AvgIpc) is 3.04. The predicted octanol–water partition coefficient (Wildman–Crippen LogP) is 2.89. The van der Waals surface area contributed by atoms with Gasteiger partial charge in [-0.05, 0) is 38.1 Å². The van der Waals surface area contributed by atoms with Crippen molar-refractivity contribution in [1.82, 2.24) is 9.47 Å². The van der Waals surface area contributed by atoms with Crippen molar-refractivity contribution >= 4 is 11.6 Å². The molecule has 168 valence electrons. The molecule has 0 spiro atoms. The number of methoxy groups -OCH3 is 3. The summed E-state index contributed by atoms with van der Waals surface area (Å²) in [5.74, 6) is 1.13. The highest BCUT2D eigenvalue weighted by Gasteiger charge is 2.16. The summed E-state index contributed by atoms with van der Waals surface area (Å²) in [6.07, 6.45) is 6.37. The van der Waals surface area contributed by atoms with E-state index in [0.717, 1.165) is 31.6 Å². The van der Waals surface area contributed by atoms with E-state index in [9.17, 15) is 9.59 Å². The van der Waals surface area contributed by atoms with Gasteiger partial charge in [-0.15, -0.1) is 0 Å². The SMILES string of the molecule is COc1ccc(OC)c(NC(=O)Cn2cc(OC)c(=O)cc2CN2CCCCCC2)c1. The van der Waals surface area contributed by atoms with E-state index in [2.05, 4.69) is 10.2 Å². The number of rotatable bonds is 8. The Balaban J connectivity index is 1.82. The number of amides is 1. The fraction of sp³-hybridized carbons (Fsp3) is 0.478. The lowest BCUT2D eigenvalue weighted by molar-refractivity contribution is -0.116. The summed E-state index contributed by atoms with van der Waals surface area (Å²) in [4.78, 5) is 27.6. The Bertz CT molecular complexity index is 949. The highest BCUT2D eigenvalue weighted by Crippen LogP contribution is 2.29. The number of likely N-dealkylation sites (tertiary alicyclic amines) is 1. The van der Waals surface area contributed by atoms with Crippen molar-refractivity contribution < 1.29 is 19.0 Å². The van der Waals surface area contributed by atoms with Gasteiger partial charge in [0.05, 0.1) is 33.2 Å². The molecule has 1 aliphatic heterocycles. The molecule has 1 saturated heterocycles.